The van der Waals surface area contributed by atoms with Crippen LogP contribution in [-0.2, 0) is 38.1 Å². The topological polar surface area (TPSA) is 178 Å². The number of hydrogen-bond donors (Lipinski definition) is 3. The third kappa shape index (κ3) is 11.8. The van der Waals surface area contributed by atoms with E-state index >= 15 is 0 Å². The van der Waals surface area contributed by atoms with Crippen LogP contribution in [0.2, 0.25) is 0 Å². The van der Waals surface area contributed by atoms with E-state index in [1.165, 1.54) is 43.4 Å². The fourth-order valence-electron chi connectivity index (χ4n) is 9.95. The summed E-state index contributed by atoms with van der Waals surface area (Å²) in [4.78, 5) is 58.1. The van der Waals surface area contributed by atoms with E-state index in [1.807, 2.05) is 32.9 Å². The van der Waals surface area contributed by atoms with Crippen LogP contribution in [0.25, 0.3) is 0 Å². The van der Waals surface area contributed by atoms with Gasteiger partial charge in [0.25, 0.3) is 11.7 Å². The molecule has 3 fully saturated rings. The van der Waals surface area contributed by atoms with E-state index in [9.17, 15) is 38.9 Å². The van der Waals surface area contributed by atoms with Crippen LogP contribution in [0.1, 0.15) is 112 Å². The van der Waals surface area contributed by atoms with E-state index < -0.39 is 95.8 Å². The highest BCUT2D eigenvalue weighted by atomic mass is 19.1. The number of aliphatic hydroxyl groups is 3. The van der Waals surface area contributed by atoms with E-state index in [1.54, 1.807) is 20.8 Å². The predicted octanol–water partition coefficient (Wildman–Crippen LogP) is 6.04. The number of nitrogens with zero attached hydrogens (tertiary/aromatic N) is 1. The average molecular weight is 872 g/mol. The van der Waals surface area contributed by atoms with Gasteiger partial charge < -0.3 is 43.9 Å². The number of piperidine rings is 1. The number of rotatable bonds is 7. The first-order chi connectivity index (χ1) is 29.4. The van der Waals surface area contributed by atoms with Crippen molar-refractivity contribution >= 4 is 23.4 Å². The molecule has 2 bridgehead atoms. The Hall–Kier alpha value is -3.53. The maximum Gasteiger partial charge on any atom is 0.329 e. The molecule has 2 saturated heterocycles. The number of ether oxygens (including phenoxy) is 5. The summed E-state index contributed by atoms with van der Waals surface area (Å²) >= 11 is 0. The molecular formula is C48H70FNO12. The van der Waals surface area contributed by atoms with Gasteiger partial charge in [0.1, 0.15) is 41.7 Å². The first kappa shape index (κ1) is 49.5. The van der Waals surface area contributed by atoms with Gasteiger partial charge in [-0.3, -0.25) is 14.4 Å². The van der Waals surface area contributed by atoms with Crippen LogP contribution in [0.15, 0.2) is 47.6 Å². The quantitative estimate of drug-likeness (QED) is 0.165. The standard InChI is InChI=1S/C48H70FNO12/c1-9-33-21-27(2)20-28(3)22-41(58-7)44-42(59-8)24-30(5)48(57,62-44)45(54)46(55)50-19-11-10-12-36(50)47(56)61-43(31(6)38(52)26-39(33)53)29(4)23-32-13-18-37(51)40(25-32)60-35-16-14-34(49)15-17-35/h14-17,21,23,28,30-33,36-38,40-44,51-52,57H,9-13,18-20,22,24-26H2,1-8H3. The number of amides is 1. The maximum atomic E-state index is 14.4. The summed E-state index contributed by atoms with van der Waals surface area (Å²) in [6.07, 6.45) is 2.46. The number of halogens is 1. The van der Waals surface area contributed by atoms with Gasteiger partial charge in [-0.2, -0.15) is 0 Å². The Morgan fingerprint density at radius 1 is 0.919 bits per heavy atom. The molecule has 0 radical (unpaired) electrons. The van der Waals surface area contributed by atoms with Crippen LogP contribution in [0.3, 0.4) is 0 Å². The molecule has 3 N–H and O–H groups in total. The minimum Gasteiger partial charge on any atom is -0.488 e. The molecule has 0 spiro atoms. The summed E-state index contributed by atoms with van der Waals surface area (Å²) in [5.41, 5.74) is 1.57. The molecule has 1 aliphatic carbocycles. The van der Waals surface area contributed by atoms with Crippen molar-refractivity contribution < 1.29 is 62.6 Å². The lowest BCUT2D eigenvalue weighted by Crippen LogP contribution is -2.64. The lowest BCUT2D eigenvalue weighted by molar-refractivity contribution is -0.302. The maximum absolute atomic E-state index is 14.4. The lowest BCUT2D eigenvalue weighted by atomic mass is 9.81. The number of ketones is 2. The van der Waals surface area contributed by atoms with Gasteiger partial charge in [-0.15, -0.1) is 0 Å². The third-order valence-corrected chi connectivity index (χ3v) is 13.7. The van der Waals surface area contributed by atoms with E-state index in [-0.39, 0.29) is 43.4 Å². The normalized spacial score (nSPS) is 37.7. The van der Waals surface area contributed by atoms with Gasteiger partial charge in [0.2, 0.25) is 5.79 Å². The number of esters is 1. The Kier molecular flexibility index (Phi) is 17.5. The molecule has 1 saturated carbocycles. The zero-order valence-electron chi connectivity index (χ0n) is 37.8. The molecular weight excluding hydrogens is 802 g/mol. The van der Waals surface area contributed by atoms with Crippen molar-refractivity contribution in [1.29, 1.82) is 0 Å². The molecule has 5 rings (SSSR count). The number of Topliss-reactive ketones (excluding diaryl/α,β-unsaturated/α-hetero) is 2. The number of fused-ring (bicyclic) bond motifs is 3. The fourth-order valence-corrected chi connectivity index (χ4v) is 9.95. The summed E-state index contributed by atoms with van der Waals surface area (Å²) in [6.45, 7) is 11.1. The van der Waals surface area contributed by atoms with Crippen LogP contribution in [0, 0.1) is 35.4 Å². The second-order valence-corrected chi connectivity index (χ2v) is 18.5. The van der Waals surface area contributed by atoms with Crippen molar-refractivity contribution in [2.24, 2.45) is 29.6 Å². The van der Waals surface area contributed by atoms with Gasteiger partial charge in [0, 0.05) is 44.9 Å². The zero-order chi connectivity index (χ0) is 45.5. The van der Waals surface area contributed by atoms with Crippen LogP contribution in [0.4, 0.5) is 4.39 Å². The summed E-state index contributed by atoms with van der Waals surface area (Å²) in [7, 11) is 3.05. The molecule has 62 heavy (non-hydrogen) atoms. The van der Waals surface area contributed by atoms with Gasteiger partial charge in [0.15, 0.2) is 0 Å². The molecule has 3 heterocycles. The summed E-state index contributed by atoms with van der Waals surface area (Å²) in [5, 5.41) is 34.7. The van der Waals surface area contributed by atoms with Crippen LogP contribution in [0.5, 0.6) is 5.75 Å². The number of carbonyl (C=O) groups is 4. The second-order valence-electron chi connectivity index (χ2n) is 18.5. The molecule has 1 aromatic carbocycles. The van der Waals surface area contributed by atoms with Crippen molar-refractivity contribution in [3.05, 3.63) is 53.4 Å². The number of allylic oxidation sites excluding steroid dienone is 3. The molecule has 14 atom stereocenters. The first-order valence-electron chi connectivity index (χ1n) is 22.6. The fraction of sp³-hybridized carbons (Fsp3) is 0.708. The number of cyclic esters (lactones) is 1. The van der Waals surface area contributed by atoms with Gasteiger partial charge in [-0.05, 0) is 120 Å². The second kappa shape index (κ2) is 21.9. The highest BCUT2D eigenvalue weighted by Crippen LogP contribution is 2.39. The van der Waals surface area contributed by atoms with E-state index in [2.05, 4.69) is 0 Å². The van der Waals surface area contributed by atoms with Crippen LogP contribution in [-0.4, -0.2) is 119 Å². The number of methoxy groups -OCH3 is 2. The SMILES string of the molecule is CCC1C=C(C)CC(C)CC(OC)C2OC(O)(C(=O)C(=O)N3CCCCC3C(=O)OC(C(C)=CC3CCC(O)C(Oc4ccc(F)cc4)C3)C(C)C(O)CC1=O)C(C)CC2OC. The van der Waals surface area contributed by atoms with Crippen molar-refractivity contribution in [2.45, 2.75) is 167 Å². The number of aliphatic hydroxyl groups excluding tert-OH is 2. The monoisotopic (exact) mass is 871 g/mol. The molecule has 0 aromatic heterocycles. The minimum absolute atomic E-state index is 0.0133. The molecule has 13 nitrogen and oxygen atoms in total. The van der Waals surface area contributed by atoms with Crippen molar-refractivity contribution in [1.82, 2.24) is 4.90 Å². The zero-order valence-corrected chi connectivity index (χ0v) is 37.8. The molecule has 346 valence electrons. The summed E-state index contributed by atoms with van der Waals surface area (Å²) in [5.74, 6) is -7.91. The highest BCUT2D eigenvalue weighted by Gasteiger charge is 2.56. The van der Waals surface area contributed by atoms with Crippen molar-refractivity contribution in [3.63, 3.8) is 0 Å². The van der Waals surface area contributed by atoms with E-state index in [4.69, 9.17) is 23.7 Å². The Morgan fingerprint density at radius 2 is 1.60 bits per heavy atom. The Morgan fingerprint density at radius 3 is 2.26 bits per heavy atom. The van der Waals surface area contributed by atoms with E-state index in [0.29, 0.717) is 62.7 Å². The van der Waals surface area contributed by atoms with Gasteiger partial charge in [-0.1, -0.05) is 45.4 Å². The molecule has 1 aromatic rings. The summed E-state index contributed by atoms with van der Waals surface area (Å²) < 4.78 is 44.0. The van der Waals surface area contributed by atoms with Crippen LogP contribution >= 0.6 is 0 Å². The molecule has 14 unspecified atom stereocenters. The Bertz CT molecular complexity index is 1770. The third-order valence-electron chi connectivity index (χ3n) is 13.7. The molecule has 3 aliphatic heterocycles. The van der Waals surface area contributed by atoms with Gasteiger partial charge in [-0.25, -0.2) is 9.18 Å². The van der Waals surface area contributed by atoms with Gasteiger partial charge >= 0.3 is 5.97 Å². The highest BCUT2D eigenvalue weighted by molar-refractivity contribution is 6.39. The number of hydrogen-bond acceptors (Lipinski definition) is 12. The number of benzene rings is 1. The smallest absolute Gasteiger partial charge is 0.329 e. The minimum atomic E-state index is -2.53. The van der Waals surface area contributed by atoms with Crippen molar-refractivity contribution in [3.8, 4) is 5.75 Å². The average Bonchev–Trinajstić information content (AvgIpc) is 3.25. The molecule has 1 amide bonds. The lowest BCUT2D eigenvalue weighted by Gasteiger charge is -2.47. The van der Waals surface area contributed by atoms with Crippen LogP contribution < -0.4 is 4.74 Å². The first-order valence-corrected chi connectivity index (χ1v) is 22.6. The van der Waals surface area contributed by atoms with Crippen molar-refractivity contribution in [2.75, 3.05) is 20.8 Å². The van der Waals surface area contributed by atoms with E-state index in [0.717, 1.165) is 5.57 Å². The molecule has 4 aliphatic rings. The Labute approximate surface area is 366 Å². The Balaban J connectivity index is 1.50. The summed E-state index contributed by atoms with van der Waals surface area (Å²) in [6, 6.07) is 4.40. The molecule has 14 heteroatoms. The largest absolute Gasteiger partial charge is 0.488 e. The number of carbonyl (C=O) groups excluding carboxylic acids is 4. The predicted molar refractivity (Wildman–Crippen MR) is 228 cm³/mol. The van der Waals surface area contributed by atoms with Gasteiger partial charge in [0.05, 0.1) is 24.4 Å².